The summed E-state index contributed by atoms with van der Waals surface area (Å²) in [6, 6.07) is 5.64. The van der Waals surface area contributed by atoms with Gasteiger partial charge in [-0.25, -0.2) is 4.79 Å². The van der Waals surface area contributed by atoms with Gasteiger partial charge in [0.25, 0.3) is 0 Å². The molecule has 86 valence electrons. The van der Waals surface area contributed by atoms with E-state index >= 15 is 0 Å². The number of ether oxygens (including phenoxy) is 1. The zero-order valence-corrected chi connectivity index (χ0v) is 8.93. The second kappa shape index (κ2) is 5.18. The molecule has 0 bridgehead atoms. The third-order valence-electron chi connectivity index (χ3n) is 1.74. The fraction of sp³-hybridized carbons (Fsp3) is 0.182. The van der Waals surface area contributed by atoms with E-state index in [0.29, 0.717) is 5.39 Å². The van der Waals surface area contributed by atoms with Crippen molar-refractivity contribution in [3.63, 3.8) is 0 Å². The molecule has 1 aromatic carbocycles. The van der Waals surface area contributed by atoms with E-state index in [4.69, 9.17) is 9.52 Å². The molecule has 2 rings (SSSR count). The Morgan fingerprint density at radius 3 is 2.31 bits per heavy atom. The normalized spacial score (nSPS) is 9.62. The van der Waals surface area contributed by atoms with Crippen LogP contribution in [-0.2, 0) is 4.74 Å². The van der Waals surface area contributed by atoms with Gasteiger partial charge in [0.15, 0.2) is 11.3 Å². The maximum Gasteiger partial charge on any atom is 0.336 e. The molecule has 0 amide bonds. The summed E-state index contributed by atoms with van der Waals surface area (Å²) in [5.74, 6) is -0.711. The van der Waals surface area contributed by atoms with Crippen LogP contribution in [0.15, 0.2) is 33.5 Å². The molecule has 5 nitrogen and oxygen atoms in total. The summed E-state index contributed by atoms with van der Waals surface area (Å²) in [5.41, 5.74) is -0.555. The Balaban J connectivity index is 0.000000386. The van der Waals surface area contributed by atoms with E-state index < -0.39 is 11.4 Å². The van der Waals surface area contributed by atoms with E-state index in [1.807, 2.05) is 0 Å². The van der Waals surface area contributed by atoms with Crippen molar-refractivity contribution in [3.05, 3.63) is 34.7 Å². The minimum Gasteiger partial charge on any atom is -0.504 e. The molecular weight excluding hydrogens is 212 g/mol. The highest BCUT2D eigenvalue weighted by Gasteiger charge is 2.07. The van der Waals surface area contributed by atoms with Crippen molar-refractivity contribution in [1.82, 2.24) is 0 Å². The zero-order valence-electron chi connectivity index (χ0n) is 8.93. The summed E-state index contributed by atoms with van der Waals surface area (Å²) in [5, 5.41) is 19.0. The van der Waals surface area contributed by atoms with E-state index in [1.165, 1.54) is 18.2 Å². The third kappa shape index (κ3) is 2.52. The molecular formula is C11H12O5. The zero-order chi connectivity index (χ0) is 12.1. The van der Waals surface area contributed by atoms with Crippen molar-refractivity contribution in [2.45, 2.75) is 0 Å². The summed E-state index contributed by atoms with van der Waals surface area (Å²) >= 11 is 0. The van der Waals surface area contributed by atoms with Gasteiger partial charge in [0.1, 0.15) is 0 Å². The van der Waals surface area contributed by atoms with Gasteiger partial charge >= 0.3 is 5.63 Å². The van der Waals surface area contributed by atoms with Crippen LogP contribution < -0.4 is 5.63 Å². The Morgan fingerprint density at radius 2 is 1.69 bits per heavy atom. The van der Waals surface area contributed by atoms with Crippen LogP contribution in [0.2, 0.25) is 0 Å². The molecule has 0 aliphatic heterocycles. The lowest BCUT2D eigenvalue weighted by molar-refractivity contribution is 0.277. The number of phenolic OH excluding ortho intramolecular Hbond substituents is 2. The number of hydrogen-bond donors (Lipinski definition) is 2. The minimum absolute atomic E-state index is 0.00694. The molecule has 0 fully saturated rings. The monoisotopic (exact) mass is 224 g/mol. The van der Waals surface area contributed by atoms with Crippen molar-refractivity contribution < 1.29 is 19.4 Å². The fourth-order valence-corrected chi connectivity index (χ4v) is 1.11. The molecule has 2 aromatic rings. The first kappa shape index (κ1) is 12.1. The molecule has 16 heavy (non-hydrogen) atoms. The molecule has 0 saturated carbocycles. The topological polar surface area (TPSA) is 79.9 Å². The highest BCUT2D eigenvalue weighted by atomic mass is 16.4. The number of phenols is 2. The van der Waals surface area contributed by atoms with Crippen LogP contribution in [0.3, 0.4) is 0 Å². The molecule has 0 spiro atoms. The summed E-state index contributed by atoms with van der Waals surface area (Å²) in [6.07, 6.45) is 0. The second-order valence-electron chi connectivity index (χ2n) is 3.01. The van der Waals surface area contributed by atoms with Crippen molar-refractivity contribution in [1.29, 1.82) is 0 Å². The smallest absolute Gasteiger partial charge is 0.336 e. The molecule has 1 aromatic heterocycles. The average molecular weight is 224 g/mol. The predicted molar refractivity (Wildman–Crippen MR) is 58.7 cm³/mol. The summed E-state index contributed by atoms with van der Waals surface area (Å²) in [4.78, 5) is 10.8. The quantitative estimate of drug-likeness (QED) is 0.523. The highest BCUT2D eigenvalue weighted by molar-refractivity contribution is 5.84. The van der Waals surface area contributed by atoms with Crippen LogP contribution in [0, 0.1) is 0 Å². The van der Waals surface area contributed by atoms with E-state index in [0.717, 1.165) is 0 Å². The lowest BCUT2D eigenvalue weighted by Crippen LogP contribution is -1.94. The summed E-state index contributed by atoms with van der Waals surface area (Å²) in [7, 11) is 3.25. The number of benzene rings is 1. The van der Waals surface area contributed by atoms with Crippen LogP contribution in [0.25, 0.3) is 11.0 Å². The van der Waals surface area contributed by atoms with Crippen molar-refractivity contribution in [3.8, 4) is 11.5 Å². The molecule has 0 unspecified atom stereocenters. The first-order valence-corrected chi connectivity index (χ1v) is 4.45. The fourth-order valence-electron chi connectivity index (χ4n) is 1.11. The van der Waals surface area contributed by atoms with Crippen LogP contribution >= 0.6 is 0 Å². The molecule has 5 heteroatoms. The van der Waals surface area contributed by atoms with Crippen LogP contribution in [0.5, 0.6) is 11.5 Å². The van der Waals surface area contributed by atoms with Gasteiger partial charge in [-0.05, 0) is 18.2 Å². The lowest BCUT2D eigenvalue weighted by Gasteiger charge is -1.99. The van der Waals surface area contributed by atoms with Crippen molar-refractivity contribution in [2.75, 3.05) is 14.2 Å². The van der Waals surface area contributed by atoms with E-state index in [1.54, 1.807) is 20.3 Å². The average Bonchev–Trinajstić information content (AvgIpc) is 2.25. The van der Waals surface area contributed by atoms with Crippen molar-refractivity contribution >= 4 is 11.0 Å². The Labute approximate surface area is 91.5 Å². The molecule has 1 heterocycles. The van der Waals surface area contributed by atoms with Gasteiger partial charge in [-0.1, -0.05) is 0 Å². The first-order valence-electron chi connectivity index (χ1n) is 4.45. The first-order chi connectivity index (χ1) is 7.60. The summed E-state index contributed by atoms with van der Waals surface area (Å²) < 4.78 is 8.96. The third-order valence-corrected chi connectivity index (χ3v) is 1.74. The van der Waals surface area contributed by atoms with Crippen LogP contribution in [0.1, 0.15) is 0 Å². The van der Waals surface area contributed by atoms with E-state index in [2.05, 4.69) is 4.74 Å². The number of rotatable bonds is 0. The molecule has 0 radical (unpaired) electrons. The van der Waals surface area contributed by atoms with Gasteiger partial charge in [0.2, 0.25) is 5.75 Å². The van der Waals surface area contributed by atoms with Gasteiger partial charge in [-0.2, -0.15) is 0 Å². The standard InChI is InChI=1S/C9H6O4.C2H6O/c10-6-3-1-5-2-4-7(11)13-9(5)8(6)12;1-3-2/h1-4,10,12H;1-2H3. The van der Waals surface area contributed by atoms with Crippen LogP contribution in [-0.4, -0.2) is 24.4 Å². The minimum atomic E-state index is -0.562. The van der Waals surface area contributed by atoms with Crippen molar-refractivity contribution in [2.24, 2.45) is 0 Å². The number of fused-ring (bicyclic) bond motifs is 1. The van der Waals surface area contributed by atoms with Gasteiger partial charge in [-0.15, -0.1) is 0 Å². The Morgan fingerprint density at radius 1 is 1.12 bits per heavy atom. The highest BCUT2D eigenvalue weighted by Crippen LogP contribution is 2.31. The lowest BCUT2D eigenvalue weighted by atomic mass is 10.2. The number of hydrogen-bond acceptors (Lipinski definition) is 5. The molecule has 0 atom stereocenters. The van der Waals surface area contributed by atoms with Gasteiger partial charge in [-0.3, -0.25) is 0 Å². The molecule has 0 saturated heterocycles. The number of methoxy groups -OCH3 is 1. The Bertz CT molecular complexity index is 529. The Kier molecular flexibility index (Phi) is 3.90. The van der Waals surface area contributed by atoms with E-state index in [-0.39, 0.29) is 11.3 Å². The molecule has 2 N–H and O–H groups in total. The van der Waals surface area contributed by atoms with Gasteiger partial charge < -0.3 is 19.4 Å². The van der Waals surface area contributed by atoms with E-state index in [9.17, 15) is 9.90 Å². The maximum absolute atomic E-state index is 10.8. The summed E-state index contributed by atoms with van der Waals surface area (Å²) in [6.45, 7) is 0. The molecule has 0 aliphatic rings. The predicted octanol–water partition coefficient (Wildman–Crippen LogP) is 1.47. The Hall–Kier alpha value is -2.01. The number of aromatic hydroxyl groups is 2. The SMILES string of the molecule is COC.O=c1ccc2ccc(O)c(O)c2o1. The van der Waals surface area contributed by atoms with Gasteiger partial charge in [0, 0.05) is 25.7 Å². The molecule has 0 aliphatic carbocycles. The largest absolute Gasteiger partial charge is 0.504 e. The maximum atomic E-state index is 10.8. The van der Waals surface area contributed by atoms with Gasteiger partial charge in [0.05, 0.1) is 0 Å². The van der Waals surface area contributed by atoms with Crippen LogP contribution in [0.4, 0.5) is 0 Å². The second-order valence-corrected chi connectivity index (χ2v) is 3.01.